The summed E-state index contributed by atoms with van der Waals surface area (Å²) in [6.45, 7) is 16.9. The molecule has 0 bridgehead atoms. The molecule has 0 atom stereocenters. The van der Waals surface area contributed by atoms with Crippen molar-refractivity contribution in [3.8, 4) is 0 Å². The Morgan fingerprint density at radius 3 is 1.91 bits per heavy atom. The number of nitrogens with one attached hydrogen (secondary N) is 1. The Balaban J connectivity index is 0.000000534. The molecule has 0 radical (unpaired) electrons. The second kappa shape index (κ2) is 8.13. The third-order valence-corrected chi connectivity index (χ3v) is 3.14. The first-order chi connectivity index (χ1) is 9.92. The number of ether oxygens (including phenoxy) is 2. The van der Waals surface area contributed by atoms with Gasteiger partial charge in [0.25, 0.3) is 0 Å². The molecule has 0 aromatic heterocycles. The molecule has 1 fully saturated rings. The van der Waals surface area contributed by atoms with Crippen LogP contribution < -0.4 is 5.32 Å². The topological polar surface area (TPSA) is 64.6 Å². The molecule has 5 heteroatoms. The first-order valence-electron chi connectivity index (χ1n) is 7.28. The molecule has 0 amide bonds. The number of carbonyl (C=O) groups excluding carboxylic acids is 2. The van der Waals surface area contributed by atoms with Crippen LogP contribution in [-0.2, 0) is 19.1 Å². The molecule has 1 heterocycles. The van der Waals surface area contributed by atoms with Crippen LogP contribution in [-0.4, -0.2) is 36.2 Å². The molecule has 1 saturated heterocycles. The molecule has 1 aliphatic rings. The summed E-state index contributed by atoms with van der Waals surface area (Å²) in [4.78, 5) is 21.3. The predicted octanol–water partition coefficient (Wildman–Crippen LogP) is 2.76. The average Bonchev–Trinajstić information content (AvgIpc) is 2.34. The van der Waals surface area contributed by atoms with Crippen LogP contribution in [0.5, 0.6) is 0 Å². The fourth-order valence-corrected chi connectivity index (χ4v) is 2.70. The van der Waals surface area contributed by atoms with Gasteiger partial charge in [-0.2, -0.15) is 0 Å². The molecule has 5 nitrogen and oxygen atoms in total. The fourth-order valence-electron chi connectivity index (χ4n) is 2.70. The van der Waals surface area contributed by atoms with Crippen LogP contribution in [0.25, 0.3) is 0 Å². The Morgan fingerprint density at radius 2 is 1.64 bits per heavy atom. The second-order valence-corrected chi connectivity index (χ2v) is 6.84. The lowest BCUT2D eigenvalue weighted by atomic mass is 9.81. The number of methoxy groups -OCH3 is 1. The van der Waals surface area contributed by atoms with Crippen molar-refractivity contribution in [1.82, 2.24) is 5.32 Å². The van der Waals surface area contributed by atoms with E-state index in [4.69, 9.17) is 4.74 Å². The Kier molecular flexibility index (Phi) is 7.53. The van der Waals surface area contributed by atoms with E-state index < -0.39 is 0 Å². The van der Waals surface area contributed by atoms with E-state index in [1.165, 1.54) is 13.2 Å². The van der Waals surface area contributed by atoms with Gasteiger partial charge in [0.15, 0.2) is 0 Å². The minimum absolute atomic E-state index is 0.00780. The van der Waals surface area contributed by atoms with E-state index in [2.05, 4.69) is 50.9 Å². The first-order valence-corrected chi connectivity index (χ1v) is 7.28. The molecule has 0 aromatic rings. The Morgan fingerprint density at radius 1 is 1.18 bits per heavy atom. The molecular formula is C17H29NO4. The summed E-state index contributed by atoms with van der Waals surface area (Å²) >= 11 is 0. The second-order valence-electron chi connectivity index (χ2n) is 6.84. The van der Waals surface area contributed by atoms with Gasteiger partial charge < -0.3 is 14.8 Å². The molecule has 22 heavy (non-hydrogen) atoms. The Hall–Kier alpha value is -1.62. The molecule has 1 rings (SSSR count). The number of hydrogen-bond acceptors (Lipinski definition) is 5. The van der Waals surface area contributed by atoms with Crippen LogP contribution in [0, 0.1) is 0 Å². The van der Waals surface area contributed by atoms with Crippen LogP contribution in [0.4, 0.5) is 0 Å². The molecule has 1 N–H and O–H groups in total. The molecule has 126 valence electrons. The molecule has 0 unspecified atom stereocenters. The van der Waals surface area contributed by atoms with E-state index in [1.807, 2.05) is 0 Å². The highest BCUT2D eigenvalue weighted by molar-refractivity contribution is 5.86. The zero-order chi connectivity index (χ0) is 17.6. The highest BCUT2D eigenvalue weighted by Crippen LogP contribution is 2.30. The van der Waals surface area contributed by atoms with Crippen molar-refractivity contribution in [3.05, 3.63) is 24.8 Å². The third kappa shape index (κ3) is 7.98. The molecule has 0 aromatic carbocycles. The van der Waals surface area contributed by atoms with Crippen molar-refractivity contribution >= 4 is 11.9 Å². The van der Waals surface area contributed by atoms with Crippen molar-refractivity contribution < 1.29 is 19.1 Å². The summed E-state index contributed by atoms with van der Waals surface area (Å²) in [5.41, 5.74) is 0.448. The lowest BCUT2D eigenvalue weighted by Gasteiger charge is -2.45. The van der Waals surface area contributed by atoms with E-state index in [0.29, 0.717) is 5.57 Å². The largest absolute Gasteiger partial charge is 0.466 e. The van der Waals surface area contributed by atoms with Crippen LogP contribution >= 0.6 is 0 Å². The fraction of sp³-hybridized carbons (Fsp3) is 0.647. The van der Waals surface area contributed by atoms with Gasteiger partial charge in [-0.3, -0.25) is 0 Å². The van der Waals surface area contributed by atoms with Crippen LogP contribution in [0.1, 0.15) is 47.5 Å². The molecular weight excluding hydrogens is 282 g/mol. The van der Waals surface area contributed by atoms with Crippen LogP contribution in [0.2, 0.25) is 0 Å². The van der Waals surface area contributed by atoms with Gasteiger partial charge in [-0.25, -0.2) is 9.59 Å². The molecule has 1 aliphatic heterocycles. The maximum absolute atomic E-state index is 11.1. The van der Waals surface area contributed by atoms with Crippen molar-refractivity contribution in [2.24, 2.45) is 0 Å². The Labute approximate surface area is 133 Å². The SMILES string of the molecule is C=C(C)C(=O)OC.C=CC(=O)OC1CC(C)(C)NC(C)(C)C1. The smallest absolute Gasteiger partial charge is 0.332 e. The standard InChI is InChI=1S/C12H21NO2.C5H8O2/c1-6-10(14)15-9-7-11(2,3)13-12(4,5)8-9;1-4(2)5(6)7-3/h6,9,13H,1,7-8H2,2-5H3;1H2,2-3H3. The summed E-state index contributed by atoms with van der Waals surface area (Å²) in [7, 11) is 1.33. The third-order valence-electron chi connectivity index (χ3n) is 3.14. The number of rotatable bonds is 3. The zero-order valence-electron chi connectivity index (χ0n) is 14.6. The van der Waals surface area contributed by atoms with Gasteiger partial charge in [0.2, 0.25) is 0 Å². The Bertz CT molecular complexity index is 422. The van der Waals surface area contributed by atoms with Gasteiger partial charge in [0.1, 0.15) is 6.10 Å². The van der Waals surface area contributed by atoms with Gasteiger partial charge >= 0.3 is 11.9 Å². The number of carbonyl (C=O) groups is 2. The van der Waals surface area contributed by atoms with Crippen molar-refractivity contribution in [3.63, 3.8) is 0 Å². The van der Waals surface area contributed by atoms with Gasteiger partial charge in [-0.1, -0.05) is 13.2 Å². The van der Waals surface area contributed by atoms with Crippen LogP contribution in [0.3, 0.4) is 0 Å². The van der Waals surface area contributed by atoms with Gasteiger partial charge in [0, 0.05) is 35.6 Å². The summed E-state index contributed by atoms with van der Waals surface area (Å²) in [6, 6.07) is 0. The summed E-state index contributed by atoms with van der Waals surface area (Å²) in [5.74, 6) is -0.673. The van der Waals surface area contributed by atoms with Crippen LogP contribution in [0.15, 0.2) is 24.8 Å². The maximum Gasteiger partial charge on any atom is 0.332 e. The highest BCUT2D eigenvalue weighted by atomic mass is 16.5. The van der Waals surface area contributed by atoms with E-state index in [9.17, 15) is 9.59 Å². The summed E-state index contributed by atoms with van der Waals surface area (Å²) in [6.07, 6.45) is 2.90. The lowest BCUT2D eigenvalue weighted by molar-refractivity contribution is -0.147. The quantitative estimate of drug-likeness (QED) is 0.641. The minimum Gasteiger partial charge on any atom is -0.466 e. The maximum atomic E-state index is 11.1. The zero-order valence-corrected chi connectivity index (χ0v) is 14.6. The van der Waals surface area contributed by atoms with Gasteiger partial charge in [-0.15, -0.1) is 0 Å². The monoisotopic (exact) mass is 311 g/mol. The predicted molar refractivity (Wildman–Crippen MR) is 87.4 cm³/mol. The first kappa shape index (κ1) is 20.4. The molecule has 0 aliphatic carbocycles. The van der Waals surface area contributed by atoms with Crippen molar-refractivity contribution in [2.75, 3.05) is 7.11 Å². The summed E-state index contributed by atoms with van der Waals surface area (Å²) in [5, 5.41) is 3.54. The molecule has 0 saturated carbocycles. The van der Waals surface area contributed by atoms with E-state index in [0.717, 1.165) is 12.8 Å². The minimum atomic E-state index is -0.347. The van der Waals surface area contributed by atoms with E-state index in [1.54, 1.807) is 6.92 Å². The van der Waals surface area contributed by atoms with E-state index >= 15 is 0 Å². The normalized spacial score (nSPS) is 19.2. The highest BCUT2D eigenvalue weighted by Gasteiger charge is 2.39. The van der Waals surface area contributed by atoms with Crippen molar-refractivity contribution in [1.29, 1.82) is 0 Å². The van der Waals surface area contributed by atoms with E-state index in [-0.39, 0.29) is 29.1 Å². The number of hydrogen-bond donors (Lipinski definition) is 1. The average molecular weight is 311 g/mol. The lowest BCUT2D eigenvalue weighted by Crippen LogP contribution is -2.59. The number of esters is 2. The molecule has 0 spiro atoms. The van der Waals surface area contributed by atoms with Gasteiger partial charge in [-0.05, 0) is 34.6 Å². The van der Waals surface area contributed by atoms with Gasteiger partial charge in [0.05, 0.1) is 7.11 Å². The summed E-state index contributed by atoms with van der Waals surface area (Å²) < 4.78 is 9.59. The van der Waals surface area contributed by atoms with Crippen molar-refractivity contribution in [2.45, 2.75) is 64.6 Å². The number of piperidine rings is 1.